The van der Waals surface area contributed by atoms with Crippen molar-refractivity contribution in [2.75, 3.05) is 7.11 Å². The topological polar surface area (TPSA) is 53.2 Å². The molecule has 1 aromatic carbocycles. The van der Waals surface area contributed by atoms with E-state index in [4.69, 9.17) is 4.74 Å². The zero-order valence-electron chi connectivity index (χ0n) is 15.8. The summed E-state index contributed by atoms with van der Waals surface area (Å²) in [5, 5.41) is 0.751. The predicted octanol–water partition coefficient (Wildman–Crippen LogP) is 3.90. The summed E-state index contributed by atoms with van der Waals surface area (Å²) >= 11 is 1.64. The van der Waals surface area contributed by atoms with E-state index in [1.54, 1.807) is 42.7 Å². The van der Waals surface area contributed by atoms with Gasteiger partial charge in [0.05, 0.1) is 18.2 Å². The van der Waals surface area contributed by atoms with Crippen molar-refractivity contribution in [3.63, 3.8) is 0 Å². The van der Waals surface area contributed by atoms with E-state index in [0.717, 1.165) is 48.7 Å². The van der Waals surface area contributed by atoms with E-state index in [2.05, 4.69) is 6.92 Å². The summed E-state index contributed by atoms with van der Waals surface area (Å²) in [4.78, 5) is 28.8. The lowest BCUT2D eigenvalue weighted by Gasteiger charge is -2.13. The van der Waals surface area contributed by atoms with Crippen LogP contribution in [0, 0.1) is 0 Å². The number of rotatable bonds is 5. The van der Waals surface area contributed by atoms with Crippen molar-refractivity contribution < 1.29 is 4.74 Å². The third-order valence-electron chi connectivity index (χ3n) is 5.30. The molecule has 27 heavy (non-hydrogen) atoms. The van der Waals surface area contributed by atoms with Crippen molar-refractivity contribution in [2.24, 2.45) is 0 Å². The quantitative estimate of drug-likeness (QED) is 0.670. The molecule has 0 saturated heterocycles. The predicted molar refractivity (Wildman–Crippen MR) is 110 cm³/mol. The second-order valence-corrected chi connectivity index (χ2v) is 8.10. The maximum Gasteiger partial charge on any atom is 0.336 e. The van der Waals surface area contributed by atoms with Crippen LogP contribution in [0.4, 0.5) is 0 Å². The fraction of sp³-hybridized carbons (Fsp3) is 0.429. The van der Waals surface area contributed by atoms with Crippen molar-refractivity contribution >= 4 is 21.6 Å². The normalized spacial score (nSPS) is 13.7. The Balaban J connectivity index is 2.03. The number of ether oxygens (including phenoxy) is 1. The highest BCUT2D eigenvalue weighted by Crippen LogP contribution is 2.34. The van der Waals surface area contributed by atoms with Crippen LogP contribution in [0.15, 0.2) is 33.9 Å². The Labute approximate surface area is 161 Å². The lowest BCUT2D eigenvalue weighted by molar-refractivity contribution is 0.414. The number of nitrogens with zero attached hydrogens (tertiary/aromatic N) is 2. The molecule has 0 N–H and O–H groups in total. The SMILES string of the molecule is CCCCn1c(=O)n(-c2ccc(OC)cc2)c(=O)c2c3c(sc21)CCCC3. The van der Waals surface area contributed by atoms with Crippen molar-refractivity contribution in [1.82, 2.24) is 9.13 Å². The van der Waals surface area contributed by atoms with Crippen LogP contribution in [0.25, 0.3) is 15.9 Å². The van der Waals surface area contributed by atoms with Gasteiger partial charge in [0.25, 0.3) is 5.56 Å². The van der Waals surface area contributed by atoms with Crippen LogP contribution in [0.5, 0.6) is 5.75 Å². The molecular formula is C21H24N2O3S. The van der Waals surface area contributed by atoms with Gasteiger partial charge in [-0.05, 0) is 61.9 Å². The van der Waals surface area contributed by atoms with Gasteiger partial charge in [-0.15, -0.1) is 11.3 Å². The first-order valence-electron chi connectivity index (χ1n) is 9.60. The van der Waals surface area contributed by atoms with Gasteiger partial charge in [0.1, 0.15) is 10.6 Å². The Morgan fingerprint density at radius 3 is 2.56 bits per heavy atom. The Morgan fingerprint density at radius 2 is 1.85 bits per heavy atom. The number of methoxy groups -OCH3 is 1. The molecule has 0 saturated carbocycles. The van der Waals surface area contributed by atoms with E-state index in [0.29, 0.717) is 18.0 Å². The third-order valence-corrected chi connectivity index (χ3v) is 6.62. The molecule has 1 aliphatic carbocycles. The molecule has 0 spiro atoms. The van der Waals surface area contributed by atoms with Crippen molar-refractivity contribution in [1.29, 1.82) is 0 Å². The van der Waals surface area contributed by atoms with Gasteiger partial charge in [0.15, 0.2) is 0 Å². The molecule has 2 aromatic heterocycles. The summed E-state index contributed by atoms with van der Waals surface area (Å²) in [5.74, 6) is 0.701. The maximum atomic E-state index is 13.4. The Morgan fingerprint density at radius 1 is 1.11 bits per heavy atom. The Kier molecular flexibility index (Phi) is 4.91. The van der Waals surface area contributed by atoms with Gasteiger partial charge in [-0.1, -0.05) is 13.3 Å². The number of hydrogen-bond acceptors (Lipinski definition) is 4. The lowest BCUT2D eigenvalue weighted by Crippen LogP contribution is -2.38. The molecular weight excluding hydrogens is 360 g/mol. The fourth-order valence-corrected chi connectivity index (χ4v) is 5.24. The van der Waals surface area contributed by atoms with Gasteiger partial charge in [0, 0.05) is 11.4 Å². The average molecular weight is 385 g/mol. The number of aromatic nitrogens is 2. The number of unbranched alkanes of at least 4 members (excludes halogenated alkanes) is 1. The van der Waals surface area contributed by atoms with Crippen LogP contribution < -0.4 is 16.0 Å². The number of fused-ring (bicyclic) bond motifs is 3. The second kappa shape index (κ2) is 7.35. The van der Waals surface area contributed by atoms with E-state index >= 15 is 0 Å². The average Bonchev–Trinajstić information content (AvgIpc) is 3.08. The third kappa shape index (κ3) is 3.02. The largest absolute Gasteiger partial charge is 0.497 e. The van der Waals surface area contributed by atoms with Gasteiger partial charge in [-0.25, -0.2) is 9.36 Å². The van der Waals surface area contributed by atoms with E-state index in [9.17, 15) is 9.59 Å². The molecule has 0 bridgehead atoms. The van der Waals surface area contributed by atoms with Gasteiger partial charge >= 0.3 is 5.69 Å². The first kappa shape index (κ1) is 18.0. The fourth-order valence-electron chi connectivity index (χ4n) is 3.84. The minimum absolute atomic E-state index is 0.188. The van der Waals surface area contributed by atoms with E-state index < -0.39 is 0 Å². The summed E-state index contributed by atoms with van der Waals surface area (Å²) in [5.41, 5.74) is 1.32. The molecule has 6 heteroatoms. The van der Waals surface area contributed by atoms with Crippen LogP contribution in [0.2, 0.25) is 0 Å². The molecule has 1 aliphatic rings. The standard InChI is InChI=1S/C21H24N2O3S/c1-3-4-13-22-20-18(16-7-5-6-8-17(16)27-20)19(24)23(21(22)25)14-9-11-15(26-2)12-10-14/h9-12H,3-8,13H2,1-2H3. The molecule has 0 atom stereocenters. The minimum atomic E-state index is -0.246. The van der Waals surface area contributed by atoms with E-state index in [1.165, 1.54) is 15.0 Å². The molecule has 0 fully saturated rings. The van der Waals surface area contributed by atoms with Crippen molar-refractivity contribution in [2.45, 2.75) is 52.0 Å². The number of hydrogen-bond donors (Lipinski definition) is 0. The summed E-state index contributed by atoms with van der Waals surface area (Å²) in [6, 6.07) is 7.11. The van der Waals surface area contributed by atoms with Crippen LogP contribution in [-0.4, -0.2) is 16.2 Å². The van der Waals surface area contributed by atoms with Gasteiger partial charge in [-0.3, -0.25) is 9.36 Å². The number of benzene rings is 1. The molecule has 2 heterocycles. The second-order valence-electron chi connectivity index (χ2n) is 7.02. The molecule has 3 aromatic rings. The molecule has 0 radical (unpaired) electrons. The van der Waals surface area contributed by atoms with Crippen LogP contribution in [0.3, 0.4) is 0 Å². The van der Waals surface area contributed by atoms with Crippen LogP contribution in [-0.2, 0) is 19.4 Å². The first-order valence-corrected chi connectivity index (χ1v) is 10.4. The Bertz CT molecular complexity index is 1090. The molecule has 0 unspecified atom stereocenters. The van der Waals surface area contributed by atoms with Crippen LogP contribution >= 0.6 is 11.3 Å². The van der Waals surface area contributed by atoms with Gasteiger partial charge < -0.3 is 4.74 Å². The molecule has 0 amide bonds. The highest BCUT2D eigenvalue weighted by Gasteiger charge is 2.23. The zero-order chi connectivity index (χ0) is 19.0. The first-order chi connectivity index (χ1) is 13.2. The summed E-state index contributed by atoms with van der Waals surface area (Å²) in [7, 11) is 1.60. The number of thiophene rings is 1. The molecule has 5 nitrogen and oxygen atoms in total. The zero-order valence-corrected chi connectivity index (χ0v) is 16.6. The van der Waals surface area contributed by atoms with Gasteiger partial charge in [-0.2, -0.15) is 0 Å². The monoisotopic (exact) mass is 384 g/mol. The van der Waals surface area contributed by atoms with Gasteiger partial charge in [0.2, 0.25) is 0 Å². The maximum absolute atomic E-state index is 13.4. The van der Waals surface area contributed by atoms with Crippen molar-refractivity contribution in [3.05, 3.63) is 55.5 Å². The smallest absolute Gasteiger partial charge is 0.336 e. The minimum Gasteiger partial charge on any atom is -0.497 e. The molecule has 0 aliphatic heterocycles. The lowest BCUT2D eigenvalue weighted by atomic mass is 9.97. The summed E-state index contributed by atoms with van der Waals surface area (Å²) in [6.45, 7) is 2.75. The highest BCUT2D eigenvalue weighted by atomic mass is 32.1. The molecule has 4 rings (SSSR count). The number of aryl methyl sites for hydroxylation is 3. The van der Waals surface area contributed by atoms with Crippen LogP contribution in [0.1, 0.15) is 43.0 Å². The molecule has 142 valence electrons. The highest BCUT2D eigenvalue weighted by molar-refractivity contribution is 7.18. The summed E-state index contributed by atoms with van der Waals surface area (Å²) in [6.07, 6.45) is 6.12. The van der Waals surface area contributed by atoms with Crippen molar-refractivity contribution in [3.8, 4) is 11.4 Å². The van der Waals surface area contributed by atoms with E-state index in [-0.39, 0.29) is 11.2 Å². The van der Waals surface area contributed by atoms with E-state index in [1.807, 2.05) is 4.57 Å². The summed E-state index contributed by atoms with van der Waals surface area (Å²) < 4.78 is 8.35. The Hall–Kier alpha value is -2.34.